The van der Waals surface area contributed by atoms with E-state index >= 15 is 0 Å². The Morgan fingerprint density at radius 2 is 2.04 bits per heavy atom. The maximum atomic E-state index is 12.0. The van der Waals surface area contributed by atoms with Crippen molar-refractivity contribution in [2.24, 2.45) is 11.8 Å². The number of rotatable bonds is 6. The molecule has 1 heterocycles. The summed E-state index contributed by atoms with van der Waals surface area (Å²) in [6, 6.07) is 0. The number of carbonyl (C=O) groups excluding carboxylic acids is 1. The van der Waals surface area contributed by atoms with Crippen LogP contribution >= 0.6 is 0 Å². The molecule has 0 aromatic carbocycles. The molecule has 0 aromatic rings. The van der Waals surface area contributed by atoms with Gasteiger partial charge in [-0.05, 0) is 25.1 Å². The van der Waals surface area contributed by atoms with Crippen LogP contribution in [-0.2, 0) is 9.16 Å². The van der Waals surface area contributed by atoms with Crippen molar-refractivity contribution in [1.82, 2.24) is 4.90 Å². The topological polar surface area (TPSA) is 59.0 Å². The second-order valence-electron chi connectivity index (χ2n) is 8.01. The van der Waals surface area contributed by atoms with Crippen molar-refractivity contribution in [2.75, 3.05) is 26.3 Å². The normalized spacial score (nSPS) is 23.7. The Balaban J connectivity index is 2.69. The molecule has 0 spiro atoms. The van der Waals surface area contributed by atoms with Gasteiger partial charge in [-0.3, -0.25) is 0 Å². The third-order valence-corrected chi connectivity index (χ3v) is 9.66. The van der Waals surface area contributed by atoms with Crippen molar-refractivity contribution < 1.29 is 19.1 Å². The van der Waals surface area contributed by atoms with E-state index in [-0.39, 0.29) is 29.6 Å². The molecule has 0 saturated carbocycles. The van der Waals surface area contributed by atoms with Crippen molar-refractivity contribution in [1.29, 1.82) is 0 Å². The molecule has 3 unspecified atom stereocenters. The minimum atomic E-state index is -1.84. The second-order valence-corrected chi connectivity index (χ2v) is 12.8. The van der Waals surface area contributed by atoms with Gasteiger partial charge in [0.2, 0.25) is 0 Å². The van der Waals surface area contributed by atoms with Crippen LogP contribution in [-0.4, -0.2) is 56.8 Å². The van der Waals surface area contributed by atoms with E-state index in [0.717, 1.165) is 0 Å². The van der Waals surface area contributed by atoms with Gasteiger partial charge in [-0.1, -0.05) is 33.4 Å². The Hall–Kier alpha value is -0.853. The summed E-state index contributed by atoms with van der Waals surface area (Å²) in [6.07, 6.45) is 0.739. The highest BCUT2D eigenvalue weighted by Gasteiger charge is 2.42. The van der Waals surface area contributed by atoms with Gasteiger partial charge in [0.1, 0.15) is 6.61 Å². The first-order valence-electron chi connectivity index (χ1n) is 8.34. The van der Waals surface area contributed by atoms with Crippen LogP contribution < -0.4 is 0 Å². The summed E-state index contributed by atoms with van der Waals surface area (Å²) >= 11 is 0. The fraction of sp³-hybridized carbons (Fsp3) is 0.824. The van der Waals surface area contributed by atoms with E-state index in [1.165, 1.54) is 0 Å². The van der Waals surface area contributed by atoms with Crippen molar-refractivity contribution in [3.8, 4) is 0 Å². The van der Waals surface area contributed by atoms with Gasteiger partial charge in [0, 0.05) is 31.5 Å². The van der Waals surface area contributed by atoms with E-state index in [1.54, 1.807) is 17.9 Å². The van der Waals surface area contributed by atoms with Crippen LogP contribution in [0.4, 0.5) is 4.79 Å². The Morgan fingerprint density at radius 3 is 2.52 bits per heavy atom. The van der Waals surface area contributed by atoms with Crippen LogP contribution in [0.3, 0.4) is 0 Å². The molecule has 1 N–H and O–H groups in total. The van der Waals surface area contributed by atoms with Crippen molar-refractivity contribution in [3.05, 3.63) is 12.7 Å². The molecule has 134 valence electrons. The van der Waals surface area contributed by atoms with Gasteiger partial charge in [-0.2, -0.15) is 0 Å². The number of hydrogen-bond acceptors (Lipinski definition) is 4. The van der Waals surface area contributed by atoms with Crippen LogP contribution in [0.15, 0.2) is 12.7 Å². The van der Waals surface area contributed by atoms with Gasteiger partial charge in [0.15, 0.2) is 8.32 Å². The smallest absolute Gasteiger partial charge is 0.410 e. The minimum Gasteiger partial charge on any atom is -0.445 e. The second kappa shape index (κ2) is 7.81. The maximum Gasteiger partial charge on any atom is 0.410 e. The van der Waals surface area contributed by atoms with Crippen molar-refractivity contribution >= 4 is 14.4 Å². The lowest BCUT2D eigenvalue weighted by Gasteiger charge is -2.37. The maximum absolute atomic E-state index is 12.0. The zero-order valence-electron chi connectivity index (χ0n) is 15.5. The highest BCUT2D eigenvalue weighted by Crippen LogP contribution is 2.38. The average molecular weight is 344 g/mol. The van der Waals surface area contributed by atoms with E-state index in [0.29, 0.717) is 19.7 Å². The summed E-state index contributed by atoms with van der Waals surface area (Å²) < 4.78 is 11.4. The van der Waals surface area contributed by atoms with E-state index in [9.17, 15) is 9.90 Å². The molecular weight excluding hydrogens is 310 g/mol. The predicted molar refractivity (Wildman–Crippen MR) is 94.9 cm³/mol. The quantitative estimate of drug-likeness (QED) is 0.594. The van der Waals surface area contributed by atoms with Crippen LogP contribution in [0.25, 0.3) is 0 Å². The molecule has 1 fully saturated rings. The Labute approximate surface area is 141 Å². The van der Waals surface area contributed by atoms with Gasteiger partial charge in [-0.25, -0.2) is 4.79 Å². The third kappa shape index (κ3) is 5.33. The lowest BCUT2D eigenvalue weighted by atomic mass is 9.92. The highest BCUT2D eigenvalue weighted by molar-refractivity contribution is 6.74. The van der Waals surface area contributed by atoms with Gasteiger partial charge in [-0.15, -0.1) is 0 Å². The van der Waals surface area contributed by atoms with Crippen LogP contribution in [0.5, 0.6) is 0 Å². The van der Waals surface area contributed by atoms with Gasteiger partial charge in [0.25, 0.3) is 0 Å². The number of hydrogen-bond donors (Lipinski definition) is 1. The Morgan fingerprint density at radius 1 is 1.43 bits per heavy atom. The van der Waals surface area contributed by atoms with Crippen molar-refractivity contribution in [3.63, 3.8) is 0 Å². The number of ether oxygens (including phenoxy) is 1. The molecule has 23 heavy (non-hydrogen) atoms. The fourth-order valence-corrected chi connectivity index (χ4v) is 3.59. The molecule has 6 heteroatoms. The number of aliphatic hydroxyl groups is 1. The molecule has 1 rings (SSSR count). The highest BCUT2D eigenvalue weighted by atomic mass is 28.4. The number of nitrogens with zero attached hydrogens (tertiary/aromatic N) is 1. The number of aliphatic hydroxyl groups excluding tert-OH is 1. The molecule has 1 aliphatic rings. The molecule has 0 bridgehead atoms. The van der Waals surface area contributed by atoms with Crippen molar-refractivity contribution in [2.45, 2.75) is 51.9 Å². The molecular formula is C17H33NO4Si. The van der Waals surface area contributed by atoms with E-state index in [1.807, 2.05) is 0 Å². The van der Waals surface area contributed by atoms with E-state index < -0.39 is 14.4 Å². The summed E-state index contributed by atoms with van der Waals surface area (Å²) in [5.74, 6) is 0.163. The summed E-state index contributed by atoms with van der Waals surface area (Å²) in [7, 11) is -1.84. The van der Waals surface area contributed by atoms with E-state index in [2.05, 4.69) is 40.4 Å². The van der Waals surface area contributed by atoms with E-state index in [4.69, 9.17) is 9.16 Å². The van der Waals surface area contributed by atoms with Crippen LogP contribution in [0, 0.1) is 11.8 Å². The third-order valence-electron chi connectivity index (χ3n) is 5.16. The Bertz CT molecular complexity index is 417. The first-order valence-corrected chi connectivity index (χ1v) is 11.2. The molecule has 1 amide bonds. The summed E-state index contributed by atoms with van der Waals surface area (Å²) in [5, 5.41) is 10.2. The lowest BCUT2D eigenvalue weighted by molar-refractivity contribution is 0.0866. The molecule has 0 aromatic heterocycles. The molecule has 0 aliphatic carbocycles. The van der Waals surface area contributed by atoms with Gasteiger partial charge in [0.05, 0.1) is 6.10 Å². The first kappa shape index (κ1) is 20.2. The Kier molecular flexibility index (Phi) is 6.86. The first-order chi connectivity index (χ1) is 10.5. The fourth-order valence-electron chi connectivity index (χ4n) is 2.52. The molecule has 1 saturated heterocycles. The van der Waals surface area contributed by atoms with Crippen LogP contribution in [0.2, 0.25) is 18.1 Å². The largest absolute Gasteiger partial charge is 0.445 e. The standard InChI is InChI=1S/C17H33NO4Si/c1-8-9-21-16(20)18-10-14(15(11-18)13(2)19)12-22-23(6,7)17(3,4)5/h8,13-15,19H,1,9-12H2,2-7H3. The van der Waals surface area contributed by atoms with Gasteiger partial charge >= 0.3 is 6.09 Å². The van der Waals surface area contributed by atoms with Gasteiger partial charge < -0.3 is 19.2 Å². The SMILES string of the molecule is C=CCOC(=O)N1CC(CO[Si](C)(C)C(C)(C)C)C(C(C)O)C1. The summed E-state index contributed by atoms with van der Waals surface area (Å²) in [6.45, 7) is 18.3. The predicted octanol–water partition coefficient (Wildman–Crippen LogP) is 3.26. The molecule has 5 nitrogen and oxygen atoms in total. The monoisotopic (exact) mass is 343 g/mol. The number of amides is 1. The zero-order valence-corrected chi connectivity index (χ0v) is 16.5. The molecule has 3 atom stereocenters. The summed E-state index contributed by atoms with van der Waals surface area (Å²) in [5.41, 5.74) is 0. The molecule has 1 aliphatic heterocycles. The number of carbonyl (C=O) groups is 1. The number of likely N-dealkylation sites (tertiary alicyclic amines) is 1. The lowest BCUT2D eigenvalue weighted by Crippen LogP contribution is -2.43. The van der Waals surface area contributed by atoms with Crippen LogP contribution in [0.1, 0.15) is 27.7 Å². The average Bonchev–Trinajstić information content (AvgIpc) is 2.86. The minimum absolute atomic E-state index is 0.0241. The zero-order chi connectivity index (χ0) is 17.8. The molecule has 0 radical (unpaired) electrons. The summed E-state index contributed by atoms with van der Waals surface area (Å²) in [4.78, 5) is 13.7.